The molecular formula is C12H15N3OS. The number of likely N-dealkylation sites (N-methyl/N-ethyl adjacent to an activating group) is 1. The molecule has 0 fully saturated rings. The van der Waals surface area contributed by atoms with Gasteiger partial charge in [-0.15, -0.1) is 0 Å². The maximum atomic E-state index is 11.6. The van der Waals surface area contributed by atoms with Gasteiger partial charge in [-0.1, -0.05) is 23.5 Å². The Hall–Kier alpha value is -1.62. The minimum atomic E-state index is 0.0757. The van der Waals surface area contributed by atoms with Crippen molar-refractivity contribution in [3.8, 4) is 0 Å². The Balaban J connectivity index is 2.02. The number of carbonyl (C=O) groups is 1. The first-order valence-electron chi connectivity index (χ1n) is 5.54. The van der Waals surface area contributed by atoms with Crippen LogP contribution in [0.15, 0.2) is 24.3 Å². The summed E-state index contributed by atoms with van der Waals surface area (Å²) in [6.45, 7) is 2.97. The van der Waals surface area contributed by atoms with Gasteiger partial charge < -0.3 is 10.2 Å². The first kappa shape index (κ1) is 11.9. The SMILES string of the molecule is CCN(C)C(=O)CNc1nc2ccccc2s1. The van der Waals surface area contributed by atoms with Crippen molar-refractivity contribution in [2.24, 2.45) is 0 Å². The quantitative estimate of drug-likeness (QED) is 0.903. The Morgan fingerprint density at radius 2 is 2.24 bits per heavy atom. The molecule has 2 rings (SSSR count). The van der Waals surface area contributed by atoms with E-state index in [0.29, 0.717) is 6.54 Å². The van der Waals surface area contributed by atoms with E-state index in [1.54, 1.807) is 23.3 Å². The van der Waals surface area contributed by atoms with Crippen molar-refractivity contribution in [3.63, 3.8) is 0 Å². The minimum Gasteiger partial charge on any atom is -0.352 e. The fourth-order valence-electron chi connectivity index (χ4n) is 1.41. The van der Waals surface area contributed by atoms with E-state index in [1.807, 2.05) is 31.2 Å². The van der Waals surface area contributed by atoms with Gasteiger partial charge in [-0.25, -0.2) is 4.98 Å². The van der Waals surface area contributed by atoms with Crippen molar-refractivity contribution < 1.29 is 4.79 Å². The largest absolute Gasteiger partial charge is 0.352 e. The Bertz CT molecular complexity index is 490. The van der Waals surface area contributed by atoms with E-state index < -0.39 is 0 Å². The van der Waals surface area contributed by atoms with Gasteiger partial charge in [-0.3, -0.25) is 4.79 Å². The van der Waals surface area contributed by atoms with Crippen molar-refractivity contribution in [1.29, 1.82) is 0 Å². The maximum absolute atomic E-state index is 11.6. The number of carbonyl (C=O) groups excluding carboxylic acids is 1. The van der Waals surface area contributed by atoms with E-state index in [4.69, 9.17) is 0 Å². The highest BCUT2D eigenvalue weighted by Crippen LogP contribution is 2.24. The average Bonchev–Trinajstić information content (AvgIpc) is 2.77. The summed E-state index contributed by atoms with van der Waals surface area (Å²) in [5.41, 5.74) is 0.969. The lowest BCUT2D eigenvalue weighted by atomic mass is 10.3. The molecule has 90 valence electrons. The number of fused-ring (bicyclic) bond motifs is 1. The number of nitrogens with one attached hydrogen (secondary N) is 1. The molecule has 0 radical (unpaired) electrons. The Kier molecular flexibility index (Phi) is 3.58. The molecule has 0 aliphatic carbocycles. The number of anilines is 1. The van der Waals surface area contributed by atoms with Crippen molar-refractivity contribution in [3.05, 3.63) is 24.3 Å². The van der Waals surface area contributed by atoms with Crippen LogP contribution in [-0.4, -0.2) is 35.9 Å². The first-order chi connectivity index (χ1) is 8.20. The van der Waals surface area contributed by atoms with Crippen molar-refractivity contribution in [2.75, 3.05) is 25.5 Å². The second-order valence-electron chi connectivity index (χ2n) is 3.75. The van der Waals surface area contributed by atoms with Crippen LogP contribution in [0.1, 0.15) is 6.92 Å². The topological polar surface area (TPSA) is 45.2 Å². The summed E-state index contributed by atoms with van der Waals surface area (Å²) in [5.74, 6) is 0.0757. The molecule has 0 saturated heterocycles. The number of para-hydroxylation sites is 1. The Morgan fingerprint density at radius 1 is 1.47 bits per heavy atom. The summed E-state index contributed by atoms with van der Waals surface area (Å²) < 4.78 is 1.13. The van der Waals surface area contributed by atoms with Crippen molar-refractivity contribution in [2.45, 2.75) is 6.92 Å². The zero-order valence-corrected chi connectivity index (χ0v) is 10.8. The molecule has 0 spiro atoms. The van der Waals surface area contributed by atoms with Gasteiger partial charge >= 0.3 is 0 Å². The van der Waals surface area contributed by atoms with Crippen LogP contribution in [0.2, 0.25) is 0 Å². The zero-order chi connectivity index (χ0) is 12.3. The van der Waals surface area contributed by atoms with Crippen LogP contribution >= 0.6 is 11.3 Å². The van der Waals surface area contributed by atoms with Gasteiger partial charge in [0.1, 0.15) is 0 Å². The lowest BCUT2D eigenvalue weighted by Gasteiger charge is -2.14. The van der Waals surface area contributed by atoms with Crippen LogP contribution in [-0.2, 0) is 4.79 Å². The van der Waals surface area contributed by atoms with Gasteiger partial charge in [0.05, 0.1) is 16.8 Å². The molecule has 0 aliphatic rings. The molecule has 0 atom stereocenters. The summed E-state index contributed by atoms with van der Waals surface area (Å²) in [6.07, 6.45) is 0. The lowest BCUT2D eigenvalue weighted by Crippen LogP contribution is -2.31. The monoisotopic (exact) mass is 249 g/mol. The number of nitrogens with zero attached hydrogens (tertiary/aromatic N) is 2. The van der Waals surface area contributed by atoms with Gasteiger partial charge in [0.2, 0.25) is 5.91 Å². The van der Waals surface area contributed by atoms with E-state index in [2.05, 4.69) is 10.3 Å². The van der Waals surface area contributed by atoms with Crippen LogP contribution in [0.5, 0.6) is 0 Å². The second kappa shape index (κ2) is 5.14. The van der Waals surface area contributed by atoms with Crippen molar-refractivity contribution >= 4 is 32.6 Å². The van der Waals surface area contributed by atoms with Gasteiger partial charge in [-0.2, -0.15) is 0 Å². The molecule has 4 nitrogen and oxygen atoms in total. The van der Waals surface area contributed by atoms with Crippen LogP contribution < -0.4 is 5.32 Å². The zero-order valence-electron chi connectivity index (χ0n) is 9.93. The van der Waals surface area contributed by atoms with Crippen LogP contribution in [0.3, 0.4) is 0 Å². The third-order valence-electron chi connectivity index (χ3n) is 2.58. The standard InChI is InChI=1S/C12H15N3OS/c1-3-15(2)11(16)8-13-12-14-9-6-4-5-7-10(9)17-12/h4-7H,3,8H2,1-2H3,(H,13,14). The van der Waals surface area contributed by atoms with Gasteiger partial charge in [0.25, 0.3) is 0 Å². The number of hydrogen-bond donors (Lipinski definition) is 1. The average molecular weight is 249 g/mol. The van der Waals surface area contributed by atoms with Gasteiger partial charge in [-0.05, 0) is 19.1 Å². The molecule has 1 aromatic heterocycles. The molecule has 1 aromatic carbocycles. The fraction of sp³-hybridized carbons (Fsp3) is 0.333. The molecular weight excluding hydrogens is 234 g/mol. The number of rotatable bonds is 4. The predicted molar refractivity (Wildman–Crippen MR) is 71.4 cm³/mol. The lowest BCUT2D eigenvalue weighted by molar-refractivity contribution is -0.127. The van der Waals surface area contributed by atoms with Crippen molar-refractivity contribution in [1.82, 2.24) is 9.88 Å². The van der Waals surface area contributed by atoms with E-state index in [0.717, 1.165) is 21.9 Å². The van der Waals surface area contributed by atoms with E-state index in [1.165, 1.54) is 0 Å². The van der Waals surface area contributed by atoms with E-state index in [-0.39, 0.29) is 5.91 Å². The molecule has 0 bridgehead atoms. The molecule has 2 aromatic rings. The summed E-state index contributed by atoms with van der Waals surface area (Å²) in [4.78, 5) is 17.7. The first-order valence-corrected chi connectivity index (χ1v) is 6.35. The number of thiazole rings is 1. The highest BCUT2D eigenvalue weighted by atomic mass is 32.1. The molecule has 0 unspecified atom stereocenters. The molecule has 1 N–H and O–H groups in total. The summed E-state index contributed by atoms with van der Waals surface area (Å²) in [6, 6.07) is 7.94. The van der Waals surface area contributed by atoms with Crippen LogP contribution in [0.4, 0.5) is 5.13 Å². The second-order valence-corrected chi connectivity index (χ2v) is 4.78. The molecule has 1 heterocycles. The van der Waals surface area contributed by atoms with E-state index in [9.17, 15) is 4.79 Å². The molecule has 5 heteroatoms. The smallest absolute Gasteiger partial charge is 0.241 e. The summed E-state index contributed by atoms with van der Waals surface area (Å²) in [7, 11) is 1.79. The maximum Gasteiger partial charge on any atom is 0.241 e. The van der Waals surface area contributed by atoms with Crippen LogP contribution in [0.25, 0.3) is 10.2 Å². The van der Waals surface area contributed by atoms with Gasteiger partial charge in [0, 0.05) is 13.6 Å². The normalized spacial score (nSPS) is 10.5. The third-order valence-corrected chi connectivity index (χ3v) is 3.58. The third kappa shape index (κ3) is 2.74. The molecule has 0 saturated carbocycles. The van der Waals surface area contributed by atoms with E-state index >= 15 is 0 Å². The number of amides is 1. The summed E-state index contributed by atoms with van der Waals surface area (Å²) in [5, 5.41) is 3.86. The molecule has 17 heavy (non-hydrogen) atoms. The Labute approximate surface area is 104 Å². The van der Waals surface area contributed by atoms with Gasteiger partial charge in [0.15, 0.2) is 5.13 Å². The summed E-state index contributed by atoms with van der Waals surface area (Å²) >= 11 is 1.57. The fourth-order valence-corrected chi connectivity index (χ4v) is 2.27. The van der Waals surface area contributed by atoms with Crippen LogP contribution in [0, 0.1) is 0 Å². The number of hydrogen-bond acceptors (Lipinski definition) is 4. The number of aromatic nitrogens is 1. The Morgan fingerprint density at radius 3 is 2.94 bits per heavy atom. The molecule has 0 aliphatic heterocycles. The highest BCUT2D eigenvalue weighted by molar-refractivity contribution is 7.22. The molecule has 1 amide bonds. The number of benzene rings is 1. The highest BCUT2D eigenvalue weighted by Gasteiger charge is 2.08. The minimum absolute atomic E-state index is 0.0757. The predicted octanol–water partition coefficient (Wildman–Crippen LogP) is 2.19.